The number of halogens is 2. The van der Waals surface area contributed by atoms with E-state index in [1.165, 1.54) is 19.3 Å². The highest BCUT2D eigenvalue weighted by Gasteiger charge is 2.31. The molecule has 2 atom stereocenters. The molecule has 1 aliphatic rings. The molecular weight excluding hydrogens is 305 g/mol. The van der Waals surface area contributed by atoms with Crippen molar-refractivity contribution in [3.05, 3.63) is 22.2 Å². The molecular formula is C16H21Cl2N3. The van der Waals surface area contributed by atoms with Crippen molar-refractivity contribution < 1.29 is 0 Å². The SMILES string of the molecule is CC(C)C1CCCCC1n1c(N)nc2cc(Cl)c(Cl)cc21. The second-order valence-electron chi connectivity index (χ2n) is 6.35. The highest BCUT2D eigenvalue weighted by atomic mass is 35.5. The van der Waals surface area contributed by atoms with E-state index in [9.17, 15) is 0 Å². The van der Waals surface area contributed by atoms with Gasteiger partial charge >= 0.3 is 0 Å². The van der Waals surface area contributed by atoms with Crippen molar-refractivity contribution >= 4 is 40.2 Å². The lowest BCUT2D eigenvalue weighted by Crippen LogP contribution is -2.27. The first-order chi connectivity index (χ1) is 9.99. The number of fused-ring (bicyclic) bond motifs is 1. The number of hydrogen-bond donors (Lipinski definition) is 1. The number of nitrogens with zero attached hydrogens (tertiary/aromatic N) is 2. The first kappa shape index (κ1) is 15.0. The number of imidazole rings is 1. The maximum Gasteiger partial charge on any atom is 0.201 e. The Labute approximate surface area is 135 Å². The zero-order valence-electron chi connectivity index (χ0n) is 12.4. The van der Waals surface area contributed by atoms with Gasteiger partial charge in [0.05, 0.1) is 21.1 Å². The summed E-state index contributed by atoms with van der Waals surface area (Å²) in [5.74, 6) is 1.84. The van der Waals surface area contributed by atoms with Crippen molar-refractivity contribution in [3.8, 4) is 0 Å². The van der Waals surface area contributed by atoms with Crippen LogP contribution in [0.1, 0.15) is 45.6 Å². The van der Waals surface area contributed by atoms with Crippen LogP contribution in [0, 0.1) is 11.8 Å². The summed E-state index contributed by atoms with van der Waals surface area (Å²) >= 11 is 12.3. The molecule has 0 amide bonds. The van der Waals surface area contributed by atoms with E-state index in [4.69, 9.17) is 28.9 Å². The second-order valence-corrected chi connectivity index (χ2v) is 7.17. The van der Waals surface area contributed by atoms with Crippen LogP contribution in [0.4, 0.5) is 5.95 Å². The highest BCUT2D eigenvalue weighted by Crippen LogP contribution is 2.42. The van der Waals surface area contributed by atoms with E-state index in [1.54, 1.807) is 6.07 Å². The van der Waals surface area contributed by atoms with Crippen LogP contribution in [0.2, 0.25) is 10.0 Å². The first-order valence-electron chi connectivity index (χ1n) is 7.61. The molecule has 0 saturated heterocycles. The topological polar surface area (TPSA) is 43.8 Å². The molecule has 0 aliphatic heterocycles. The van der Waals surface area contributed by atoms with Crippen LogP contribution in [0.25, 0.3) is 11.0 Å². The number of hydrogen-bond acceptors (Lipinski definition) is 2. The third kappa shape index (κ3) is 2.62. The van der Waals surface area contributed by atoms with E-state index in [0.29, 0.717) is 33.9 Å². The summed E-state index contributed by atoms with van der Waals surface area (Å²) in [7, 11) is 0. The van der Waals surface area contributed by atoms with Gasteiger partial charge < -0.3 is 10.3 Å². The molecule has 21 heavy (non-hydrogen) atoms. The lowest BCUT2D eigenvalue weighted by Gasteiger charge is -2.36. The quantitative estimate of drug-likeness (QED) is 0.812. The molecule has 1 saturated carbocycles. The van der Waals surface area contributed by atoms with Gasteiger partial charge in [0, 0.05) is 6.04 Å². The smallest absolute Gasteiger partial charge is 0.201 e. The maximum absolute atomic E-state index is 6.21. The molecule has 5 heteroatoms. The number of rotatable bonds is 2. The number of benzene rings is 1. The van der Waals surface area contributed by atoms with Crippen molar-refractivity contribution in [1.29, 1.82) is 0 Å². The van der Waals surface area contributed by atoms with E-state index in [2.05, 4.69) is 23.4 Å². The fourth-order valence-corrected chi connectivity index (χ4v) is 4.01. The Kier molecular flexibility index (Phi) is 4.06. The average molecular weight is 326 g/mol. The lowest BCUT2D eigenvalue weighted by molar-refractivity contribution is 0.189. The summed E-state index contributed by atoms with van der Waals surface area (Å²) in [4.78, 5) is 4.48. The summed E-state index contributed by atoms with van der Waals surface area (Å²) < 4.78 is 2.18. The Hall–Kier alpha value is -0.930. The molecule has 1 fully saturated rings. The zero-order chi connectivity index (χ0) is 15.1. The molecule has 0 bridgehead atoms. The molecule has 1 aromatic heterocycles. The largest absolute Gasteiger partial charge is 0.369 e. The number of nitrogens with two attached hydrogens (primary N) is 1. The minimum atomic E-state index is 0.404. The van der Waals surface area contributed by atoms with E-state index in [-0.39, 0.29) is 0 Å². The van der Waals surface area contributed by atoms with Crippen molar-refractivity contribution in [2.45, 2.75) is 45.6 Å². The normalized spacial score (nSPS) is 23.1. The predicted molar refractivity (Wildman–Crippen MR) is 90.0 cm³/mol. The van der Waals surface area contributed by atoms with Gasteiger partial charge in [0.25, 0.3) is 0 Å². The van der Waals surface area contributed by atoms with E-state index in [1.807, 2.05) is 6.07 Å². The van der Waals surface area contributed by atoms with Crippen LogP contribution in [0.3, 0.4) is 0 Å². The van der Waals surface area contributed by atoms with Gasteiger partial charge in [0.15, 0.2) is 0 Å². The minimum Gasteiger partial charge on any atom is -0.369 e. The zero-order valence-corrected chi connectivity index (χ0v) is 14.0. The minimum absolute atomic E-state index is 0.404. The predicted octanol–water partition coefficient (Wildman–Crippen LogP) is 5.31. The molecule has 2 aromatic rings. The van der Waals surface area contributed by atoms with Gasteiger partial charge in [-0.1, -0.05) is 49.9 Å². The van der Waals surface area contributed by atoms with Gasteiger partial charge in [-0.15, -0.1) is 0 Å². The average Bonchev–Trinajstić information content (AvgIpc) is 2.74. The van der Waals surface area contributed by atoms with Gasteiger partial charge in [0.1, 0.15) is 0 Å². The van der Waals surface area contributed by atoms with Gasteiger partial charge in [-0.25, -0.2) is 4.98 Å². The standard InChI is InChI=1S/C16H21Cl2N3/c1-9(2)10-5-3-4-6-14(10)21-15-8-12(18)11(17)7-13(15)20-16(21)19/h7-10,14H,3-6H2,1-2H3,(H2,19,20). The van der Waals surface area contributed by atoms with Crippen LogP contribution in [-0.4, -0.2) is 9.55 Å². The Bertz CT molecular complexity index is 663. The van der Waals surface area contributed by atoms with E-state index in [0.717, 1.165) is 17.5 Å². The van der Waals surface area contributed by atoms with Gasteiger partial charge in [0.2, 0.25) is 5.95 Å². The molecule has 2 N–H and O–H groups in total. The van der Waals surface area contributed by atoms with E-state index < -0.39 is 0 Å². The first-order valence-corrected chi connectivity index (χ1v) is 8.37. The summed E-state index contributed by atoms with van der Waals surface area (Å²) in [6.45, 7) is 4.59. The molecule has 1 heterocycles. The number of nitrogen functional groups attached to an aromatic ring is 1. The molecule has 114 valence electrons. The van der Waals surface area contributed by atoms with Crippen LogP contribution >= 0.6 is 23.2 Å². The van der Waals surface area contributed by atoms with Gasteiger partial charge in [-0.2, -0.15) is 0 Å². The molecule has 1 aromatic carbocycles. The summed E-state index contributed by atoms with van der Waals surface area (Å²) in [6.07, 6.45) is 4.95. The van der Waals surface area contributed by atoms with Crippen molar-refractivity contribution in [1.82, 2.24) is 9.55 Å². The maximum atomic E-state index is 6.21. The lowest BCUT2D eigenvalue weighted by atomic mass is 9.77. The molecule has 2 unspecified atom stereocenters. The highest BCUT2D eigenvalue weighted by molar-refractivity contribution is 6.42. The summed E-state index contributed by atoms with van der Waals surface area (Å²) in [6, 6.07) is 4.11. The Morgan fingerprint density at radius 2 is 1.86 bits per heavy atom. The number of anilines is 1. The van der Waals surface area contributed by atoms with Gasteiger partial charge in [-0.05, 0) is 36.8 Å². The summed E-state index contributed by atoms with van der Waals surface area (Å²) in [5.41, 5.74) is 8.04. The van der Waals surface area contributed by atoms with Crippen LogP contribution in [0.15, 0.2) is 12.1 Å². The molecule has 0 radical (unpaired) electrons. The molecule has 1 aliphatic carbocycles. The Morgan fingerprint density at radius 3 is 2.57 bits per heavy atom. The van der Waals surface area contributed by atoms with Crippen molar-refractivity contribution in [2.75, 3.05) is 5.73 Å². The fourth-order valence-electron chi connectivity index (χ4n) is 3.70. The van der Waals surface area contributed by atoms with E-state index >= 15 is 0 Å². The van der Waals surface area contributed by atoms with Crippen LogP contribution in [0.5, 0.6) is 0 Å². The second kappa shape index (κ2) is 5.69. The van der Waals surface area contributed by atoms with Gasteiger partial charge in [-0.3, -0.25) is 0 Å². The Balaban J connectivity index is 2.14. The van der Waals surface area contributed by atoms with Crippen LogP contribution in [-0.2, 0) is 0 Å². The Morgan fingerprint density at radius 1 is 1.19 bits per heavy atom. The molecule has 3 rings (SSSR count). The third-order valence-corrected chi connectivity index (χ3v) is 5.45. The number of aromatic nitrogens is 2. The monoisotopic (exact) mass is 325 g/mol. The van der Waals surface area contributed by atoms with Crippen molar-refractivity contribution in [3.63, 3.8) is 0 Å². The summed E-state index contributed by atoms with van der Waals surface area (Å²) in [5, 5.41) is 1.08. The van der Waals surface area contributed by atoms with Crippen molar-refractivity contribution in [2.24, 2.45) is 11.8 Å². The fraction of sp³-hybridized carbons (Fsp3) is 0.562. The third-order valence-electron chi connectivity index (χ3n) is 4.73. The molecule has 3 nitrogen and oxygen atoms in total. The molecule has 0 spiro atoms. The van der Waals surface area contributed by atoms with Crippen LogP contribution < -0.4 is 5.73 Å².